The summed E-state index contributed by atoms with van der Waals surface area (Å²) in [4.78, 5) is 22.5. The van der Waals surface area contributed by atoms with Crippen molar-refractivity contribution in [1.82, 2.24) is 20.4 Å². The van der Waals surface area contributed by atoms with Gasteiger partial charge in [-0.25, -0.2) is 9.59 Å². The number of carbonyl (C=O) groups excluding carboxylic acids is 2. The molecule has 0 aromatic carbocycles. The Morgan fingerprint density at radius 2 is 1.35 bits per heavy atom. The second-order valence-corrected chi connectivity index (χ2v) is 4.04. The molecule has 0 aliphatic carbocycles. The molecule has 8 heteroatoms. The molecule has 0 radical (unpaired) electrons. The third-order valence-electron chi connectivity index (χ3n) is 2.71. The summed E-state index contributed by atoms with van der Waals surface area (Å²) in [5.74, 6) is -0.968. The first-order chi connectivity index (χ1) is 9.63. The van der Waals surface area contributed by atoms with Crippen molar-refractivity contribution in [2.45, 2.75) is 12.8 Å². The number of ether oxygens (including phenoxy) is 2. The van der Waals surface area contributed by atoms with E-state index in [1.807, 2.05) is 0 Å². The van der Waals surface area contributed by atoms with Crippen molar-refractivity contribution in [3.8, 4) is 0 Å². The van der Waals surface area contributed by atoms with Crippen LogP contribution < -0.4 is 0 Å². The lowest BCUT2D eigenvalue weighted by molar-refractivity contribution is 0.0585. The molecular weight excluding hydrogens is 264 g/mol. The summed E-state index contributed by atoms with van der Waals surface area (Å²) in [6.45, 7) is 0. The highest BCUT2D eigenvalue weighted by atomic mass is 16.5. The molecule has 0 spiro atoms. The molecule has 2 N–H and O–H groups in total. The van der Waals surface area contributed by atoms with Gasteiger partial charge in [-0.2, -0.15) is 10.2 Å². The Bertz CT molecular complexity index is 562. The molecule has 8 nitrogen and oxygen atoms in total. The summed E-state index contributed by atoms with van der Waals surface area (Å²) in [7, 11) is 2.60. The molecule has 0 unspecified atom stereocenters. The Morgan fingerprint density at radius 1 is 0.950 bits per heavy atom. The van der Waals surface area contributed by atoms with E-state index in [4.69, 9.17) is 0 Å². The lowest BCUT2D eigenvalue weighted by Crippen LogP contribution is -2.00. The van der Waals surface area contributed by atoms with Gasteiger partial charge in [-0.1, -0.05) is 0 Å². The van der Waals surface area contributed by atoms with E-state index in [0.717, 1.165) is 11.4 Å². The zero-order chi connectivity index (χ0) is 14.5. The second kappa shape index (κ2) is 6.00. The number of rotatable bonds is 5. The van der Waals surface area contributed by atoms with Gasteiger partial charge in [0.25, 0.3) is 0 Å². The number of aromatic nitrogens is 4. The fourth-order valence-electron chi connectivity index (χ4n) is 1.67. The molecule has 0 amide bonds. The van der Waals surface area contributed by atoms with Crippen molar-refractivity contribution < 1.29 is 19.1 Å². The van der Waals surface area contributed by atoms with E-state index >= 15 is 0 Å². The van der Waals surface area contributed by atoms with Gasteiger partial charge in [-0.15, -0.1) is 0 Å². The minimum absolute atomic E-state index is 0.238. The lowest BCUT2D eigenvalue weighted by atomic mass is 10.2. The van der Waals surface area contributed by atoms with Crippen molar-refractivity contribution in [2.24, 2.45) is 0 Å². The van der Waals surface area contributed by atoms with Crippen LogP contribution in [0.5, 0.6) is 0 Å². The summed E-state index contributed by atoms with van der Waals surface area (Å²) in [5, 5.41) is 13.2. The molecule has 2 rings (SSSR count). The number of methoxy groups -OCH3 is 2. The Balaban J connectivity index is 1.95. The van der Waals surface area contributed by atoms with Crippen LogP contribution >= 0.6 is 0 Å². The second-order valence-electron chi connectivity index (χ2n) is 4.04. The van der Waals surface area contributed by atoms with E-state index < -0.39 is 11.9 Å². The van der Waals surface area contributed by atoms with Crippen LogP contribution in [-0.2, 0) is 22.3 Å². The molecule has 20 heavy (non-hydrogen) atoms. The van der Waals surface area contributed by atoms with Gasteiger partial charge in [0.2, 0.25) is 0 Å². The maximum absolute atomic E-state index is 11.2. The largest absolute Gasteiger partial charge is 0.464 e. The summed E-state index contributed by atoms with van der Waals surface area (Å²) in [6.07, 6.45) is 1.24. The molecule has 2 aromatic heterocycles. The van der Waals surface area contributed by atoms with Crippen LogP contribution in [0.2, 0.25) is 0 Å². The minimum Gasteiger partial charge on any atom is -0.464 e. The van der Waals surface area contributed by atoms with Gasteiger partial charge in [-0.3, -0.25) is 10.2 Å². The Kier molecular flexibility index (Phi) is 4.14. The van der Waals surface area contributed by atoms with E-state index in [2.05, 4.69) is 29.9 Å². The molecule has 0 aliphatic rings. The van der Waals surface area contributed by atoms with Gasteiger partial charge < -0.3 is 9.47 Å². The number of hydrogen-bond acceptors (Lipinski definition) is 6. The summed E-state index contributed by atoms with van der Waals surface area (Å²) < 4.78 is 9.13. The van der Waals surface area contributed by atoms with Crippen molar-refractivity contribution in [2.75, 3.05) is 14.2 Å². The minimum atomic E-state index is -0.484. The molecule has 106 valence electrons. The Morgan fingerprint density at radius 3 is 1.70 bits per heavy atom. The van der Waals surface area contributed by atoms with Gasteiger partial charge in [0.15, 0.2) is 11.4 Å². The smallest absolute Gasteiger partial charge is 0.358 e. The Hall–Kier alpha value is -2.64. The van der Waals surface area contributed by atoms with E-state index in [0.29, 0.717) is 12.8 Å². The van der Waals surface area contributed by atoms with Crippen LogP contribution in [-0.4, -0.2) is 46.6 Å². The molecular formula is C12H14N4O4. The van der Waals surface area contributed by atoms with E-state index in [1.165, 1.54) is 14.2 Å². The first kappa shape index (κ1) is 13.8. The van der Waals surface area contributed by atoms with Crippen LogP contribution in [0.3, 0.4) is 0 Å². The van der Waals surface area contributed by atoms with Crippen LogP contribution in [0.15, 0.2) is 12.1 Å². The monoisotopic (exact) mass is 278 g/mol. The predicted molar refractivity (Wildman–Crippen MR) is 67.3 cm³/mol. The van der Waals surface area contributed by atoms with E-state index in [1.54, 1.807) is 12.1 Å². The van der Waals surface area contributed by atoms with Crippen LogP contribution in [0.25, 0.3) is 0 Å². The van der Waals surface area contributed by atoms with Crippen molar-refractivity contribution >= 4 is 11.9 Å². The average molecular weight is 278 g/mol. The standard InChI is InChI=1S/C12H14N4O4/c1-19-11(17)9-5-7(13-15-9)3-4-8-6-10(16-14-8)12(18)20-2/h5-6H,3-4H2,1-2H3,(H,13,15)(H,14,16). The van der Waals surface area contributed by atoms with Gasteiger partial charge in [0.05, 0.1) is 14.2 Å². The third kappa shape index (κ3) is 3.02. The van der Waals surface area contributed by atoms with Crippen molar-refractivity contribution in [3.05, 3.63) is 34.9 Å². The average Bonchev–Trinajstić information content (AvgIpc) is 3.12. The normalized spacial score (nSPS) is 10.3. The van der Waals surface area contributed by atoms with E-state index in [-0.39, 0.29) is 11.4 Å². The van der Waals surface area contributed by atoms with Crippen molar-refractivity contribution in [3.63, 3.8) is 0 Å². The summed E-state index contributed by atoms with van der Waals surface area (Å²) in [5.41, 5.74) is 2.06. The van der Waals surface area contributed by atoms with Gasteiger partial charge in [0.1, 0.15) is 0 Å². The number of aryl methyl sites for hydroxylation is 2. The van der Waals surface area contributed by atoms with Crippen LogP contribution in [0, 0.1) is 0 Å². The molecule has 0 aliphatic heterocycles. The quantitative estimate of drug-likeness (QED) is 0.770. The third-order valence-corrected chi connectivity index (χ3v) is 2.71. The molecule has 2 heterocycles. The highest BCUT2D eigenvalue weighted by molar-refractivity contribution is 5.87. The maximum Gasteiger partial charge on any atom is 0.358 e. The summed E-state index contributed by atoms with van der Waals surface area (Å²) in [6, 6.07) is 3.26. The molecule has 0 saturated heterocycles. The SMILES string of the molecule is COC(=O)c1cc(CCc2cc(C(=O)OC)n[nH]2)[nH]n1. The number of carbonyl (C=O) groups is 2. The fourth-order valence-corrected chi connectivity index (χ4v) is 1.67. The lowest BCUT2D eigenvalue weighted by Gasteiger charge is -1.94. The number of H-pyrrole nitrogens is 2. The van der Waals surface area contributed by atoms with E-state index in [9.17, 15) is 9.59 Å². The van der Waals surface area contributed by atoms with Crippen molar-refractivity contribution in [1.29, 1.82) is 0 Å². The topological polar surface area (TPSA) is 110 Å². The molecule has 0 fully saturated rings. The highest BCUT2D eigenvalue weighted by Crippen LogP contribution is 2.07. The van der Waals surface area contributed by atoms with Gasteiger partial charge >= 0.3 is 11.9 Å². The summed E-state index contributed by atoms with van der Waals surface area (Å²) >= 11 is 0. The van der Waals surface area contributed by atoms with Crippen LogP contribution in [0.1, 0.15) is 32.4 Å². The first-order valence-electron chi connectivity index (χ1n) is 5.89. The highest BCUT2D eigenvalue weighted by Gasteiger charge is 2.12. The predicted octanol–water partition coefficient (Wildman–Crippen LogP) is 0.491. The van der Waals surface area contributed by atoms with Crippen LogP contribution in [0.4, 0.5) is 0 Å². The fraction of sp³-hybridized carbons (Fsp3) is 0.333. The number of aromatic amines is 2. The zero-order valence-corrected chi connectivity index (χ0v) is 11.1. The zero-order valence-electron chi connectivity index (χ0n) is 11.1. The maximum atomic E-state index is 11.2. The Labute approximate surface area is 114 Å². The number of esters is 2. The number of hydrogen-bond donors (Lipinski definition) is 2. The molecule has 0 bridgehead atoms. The number of nitrogens with zero attached hydrogens (tertiary/aromatic N) is 2. The first-order valence-corrected chi connectivity index (χ1v) is 5.89. The van der Waals surface area contributed by atoms with Gasteiger partial charge in [0, 0.05) is 11.4 Å². The molecule has 2 aromatic rings. The molecule has 0 saturated carbocycles. The van der Waals surface area contributed by atoms with Gasteiger partial charge in [-0.05, 0) is 25.0 Å². The number of nitrogens with one attached hydrogen (secondary N) is 2. The molecule has 0 atom stereocenters.